The van der Waals surface area contributed by atoms with Crippen LogP contribution in [0.2, 0.25) is 0 Å². The molecule has 2 heterocycles. The molecule has 3 rings (SSSR count). The Morgan fingerprint density at radius 3 is 2.80 bits per heavy atom. The predicted molar refractivity (Wildman–Crippen MR) is 54.8 cm³/mol. The third-order valence-electron chi connectivity index (χ3n) is 2.10. The number of aromatic nitrogens is 4. The maximum Gasteiger partial charge on any atom is 1.00 e. The second kappa shape index (κ2) is 4.02. The third-order valence-corrected chi connectivity index (χ3v) is 2.28. The van der Waals surface area contributed by atoms with Crippen LogP contribution in [0.4, 0.5) is 0 Å². The molecule has 1 N–H and O–H groups in total. The van der Waals surface area contributed by atoms with Crippen molar-refractivity contribution in [3.8, 4) is 0 Å². The van der Waals surface area contributed by atoms with Gasteiger partial charge in [0.15, 0.2) is 5.65 Å². The Labute approximate surface area is 113 Å². The molecule has 3 aromatic rings. The Hall–Kier alpha value is -0.750. The molecule has 0 bridgehead atoms. The van der Waals surface area contributed by atoms with Gasteiger partial charge in [0.2, 0.25) is 0 Å². The van der Waals surface area contributed by atoms with E-state index in [1.807, 2.05) is 24.3 Å². The summed E-state index contributed by atoms with van der Waals surface area (Å²) in [6.45, 7) is 0. The zero-order valence-electron chi connectivity index (χ0n) is 8.06. The van der Waals surface area contributed by atoms with E-state index in [4.69, 9.17) is 12.6 Å². The normalized spacial score (nSPS) is 10.4. The Kier molecular flexibility index (Phi) is 2.88. The van der Waals surface area contributed by atoms with Crippen molar-refractivity contribution in [1.82, 2.24) is 20.2 Å². The minimum absolute atomic E-state index is 0. The van der Waals surface area contributed by atoms with Crippen LogP contribution in [0, 0.1) is 0 Å². The second-order valence-electron chi connectivity index (χ2n) is 2.96. The first-order valence-corrected chi connectivity index (χ1v) is 4.53. The molecule has 0 amide bonds. The molecule has 68 valence electrons. The van der Waals surface area contributed by atoms with Crippen LogP contribution < -0.4 is 29.6 Å². The summed E-state index contributed by atoms with van der Waals surface area (Å²) >= 11 is 4.84. The molecule has 0 atom stereocenters. The molecule has 2 aromatic heterocycles. The van der Waals surface area contributed by atoms with Gasteiger partial charge in [-0.2, -0.15) is 5.10 Å². The molecule has 4 nitrogen and oxygen atoms in total. The minimum atomic E-state index is 0. The number of nitrogens with one attached hydrogen (secondary N) is 1. The number of aromatic amines is 1. The van der Waals surface area contributed by atoms with Crippen molar-refractivity contribution in [2.75, 3.05) is 0 Å². The summed E-state index contributed by atoms with van der Waals surface area (Å²) in [5.74, 6) is 0. The molecular formula is C9H5N4NaS. The van der Waals surface area contributed by atoms with Crippen LogP contribution in [0.5, 0.6) is 0 Å². The van der Waals surface area contributed by atoms with E-state index in [0.717, 1.165) is 16.4 Å². The van der Waals surface area contributed by atoms with Crippen molar-refractivity contribution in [2.45, 2.75) is 5.16 Å². The van der Waals surface area contributed by atoms with Gasteiger partial charge in [-0.25, -0.2) is 4.98 Å². The van der Waals surface area contributed by atoms with Gasteiger partial charge in [0, 0.05) is 16.1 Å². The molecule has 15 heavy (non-hydrogen) atoms. The zero-order valence-corrected chi connectivity index (χ0v) is 10.9. The number of hydrogen-bond acceptors (Lipinski definition) is 4. The first-order valence-electron chi connectivity index (χ1n) is 4.13. The van der Waals surface area contributed by atoms with Crippen LogP contribution in [-0.4, -0.2) is 20.2 Å². The van der Waals surface area contributed by atoms with Crippen molar-refractivity contribution in [3.63, 3.8) is 0 Å². The van der Waals surface area contributed by atoms with Crippen LogP contribution in [0.15, 0.2) is 29.4 Å². The fourth-order valence-electron chi connectivity index (χ4n) is 1.51. The van der Waals surface area contributed by atoms with E-state index in [9.17, 15) is 0 Å². The molecule has 0 saturated heterocycles. The van der Waals surface area contributed by atoms with E-state index in [2.05, 4.69) is 20.2 Å². The van der Waals surface area contributed by atoms with E-state index in [1.165, 1.54) is 0 Å². The van der Waals surface area contributed by atoms with Gasteiger partial charge in [-0.3, -0.25) is 0 Å². The van der Waals surface area contributed by atoms with Crippen molar-refractivity contribution in [3.05, 3.63) is 24.3 Å². The molecule has 0 aliphatic rings. The first-order chi connectivity index (χ1) is 6.84. The van der Waals surface area contributed by atoms with Crippen LogP contribution in [0.25, 0.3) is 22.1 Å². The molecule has 0 aliphatic heterocycles. The molecule has 6 heteroatoms. The van der Waals surface area contributed by atoms with Gasteiger partial charge in [0.25, 0.3) is 0 Å². The maximum absolute atomic E-state index is 4.84. The molecule has 1 aromatic carbocycles. The summed E-state index contributed by atoms with van der Waals surface area (Å²) < 4.78 is 0. The van der Waals surface area contributed by atoms with Crippen molar-refractivity contribution >= 4 is 34.7 Å². The van der Waals surface area contributed by atoms with E-state index >= 15 is 0 Å². The van der Waals surface area contributed by atoms with E-state index < -0.39 is 0 Å². The fraction of sp³-hybridized carbons (Fsp3) is 0. The van der Waals surface area contributed by atoms with Gasteiger partial charge in [0.05, 0.1) is 0 Å². The van der Waals surface area contributed by atoms with Crippen molar-refractivity contribution in [2.24, 2.45) is 0 Å². The predicted octanol–water partition coefficient (Wildman–Crippen LogP) is -1.58. The Morgan fingerprint density at radius 1 is 1.13 bits per heavy atom. The van der Waals surface area contributed by atoms with Crippen molar-refractivity contribution in [1.29, 1.82) is 0 Å². The van der Waals surface area contributed by atoms with Gasteiger partial charge in [0.1, 0.15) is 5.52 Å². The van der Waals surface area contributed by atoms with Crippen LogP contribution in [-0.2, 0) is 12.6 Å². The number of benzene rings is 1. The summed E-state index contributed by atoms with van der Waals surface area (Å²) in [6, 6.07) is 7.87. The smallest absolute Gasteiger partial charge is 0.738 e. The average Bonchev–Trinajstić information content (AvgIpc) is 2.54. The maximum atomic E-state index is 4.84. The molecule has 0 saturated carbocycles. The Balaban J connectivity index is 0.000000853. The molecular weight excluding hydrogens is 219 g/mol. The summed E-state index contributed by atoms with van der Waals surface area (Å²) in [5.41, 5.74) is 2.48. The van der Waals surface area contributed by atoms with E-state index in [0.29, 0.717) is 5.65 Å². The van der Waals surface area contributed by atoms with Gasteiger partial charge in [-0.1, -0.05) is 18.2 Å². The second-order valence-corrected chi connectivity index (χ2v) is 3.33. The van der Waals surface area contributed by atoms with Gasteiger partial charge >= 0.3 is 29.6 Å². The molecule has 0 radical (unpaired) electrons. The van der Waals surface area contributed by atoms with Crippen LogP contribution in [0.3, 0.4) is 0 Å². The number of nitrogens with zero attached hydrogens (tertiary/aromatic N) is 3. The summed E-state index contributed by atoms with van der Waals surface area (Å²) in [6.07, 6.45) is 0. The van der Waals surface area contributed by atoms with Crippen molar-refractivity contribution < 1.29 is 29.6 Å². The number of hydrogen-bond donors (Lipinski definition) is 1. The molecule has 0 spiro atoms. The number of H-pyrrole nitrogens is 1. The number of para-hydroxylation sites is 1. The first kappa shape index (κ1) is 10.8. The summed E-state index contributed by atoms with van der Waals surface area (Å²) in [7, 11) is 0. The van der Waals surface area contributed by atoms with Crippen LogP contribution in [0.1, 0.15) is 0 Å². The quantitative estimate of drug-likeness (QED) is 0.370. The summed E-state index contributed by atoms with van der Waals surface area (Å²) in [4.78, 5) is 7.24. The molecule has 0 aliphatic carbocycles. The monoisotopic (exact) mass is 224 g/mol. The number of fused-ring (bicyclic) bond motifs is 3. The molecule has 0 fully saturated rings. The average molecular weight is 224 g/mol. The Bertz CT molecular complexity index is 622. The third kappa shape index (κ3) is 1.72. The van der Waals surface area contributed by atoms with Gasteiger partial charge in [-0.15, -0.1) is 5.10 Å². The van der Waals surface area contributed by atoms with Gasteiger partial charge in [-0.05, 0) is 6.07 Å². The zero-order chi connectivity index (χ0) is 9.54. The Morgan fingerprint density at radius 2 is 1.93 bits per heavy atom. The SMILES string of the molecule is [Na+].[S-]c1nnc2c(n1)[nH]c1ccccc12. The topological polar surface area (TPSA) is 54.5 Å². The van der Waals surface area contributed by atoms with E-state index in [-0.39, 0.29) is 34.7 Å². The van der Waals surface area contributed by atoms with Gasteiger partial charge < -0.3 is 17.6 Å². The fourth-order valence-corrected chi connectivity index (χ4v) is 1.64. The molecule has 0 unspecified atom stereocenters. The number of rotatable bonds is 0. The standard InChI is InChI=1S/C9H6N4S.Na/c14-9-11-8-7(12-13-9)5-3-1-2-4-6(5)10-8;/h1-4H,(H2,10,11,13,14);/q;+1/p-1. The minimum Gasteiger partial charge on any atom is -0.738 e. The van der Waals surface area contributed by atoms with E-state index in [1.54, 1.807) is 0 Å². The largest absolute Gasteiger partial charge is 1.00 e. The summed E-state index contributed by atoms with van der Waals surface area (Å²) in [5, 5.41) is 9.08. The van der Waals surface area contributed by atoms with Crippen LogP contribution >= 0.6 is 0 Å².